The normalized spacial score (nSPS) is 15.1. The van der Waals surface area contributed by atoms with Gasteiger partial charge in [-0.25, -0.2) is 0 Å². The minimum atomic E-state index is -0.136. The molecule has 0 aromatic heterocycles. The molecule has 0 bridgehead atoms. The second-order valence-electron chi connectivity index (χ2n) is 7.32. The predicted octanol–water partition coefficient (Wildman–Crippen LogP) is 2.20. The van der Waals surface area contributed by atoms with E-state index in [2.05, 4.69) is 39.4 Å². The van der Waals surface area contributed by atoms with Gasteiger partial charge in [-0.05, 0) is 36.8 Å². The van der Waals surface area contributed by atoms with Crippen LogP contribution in [0.25, 0.3) is 0 Å². The van der Waals surface area contributed by atoms with Gasteiger partial charge in [0.05, 0.1) is 0 Å². The lowest BCUT2D eigenvalue weighted by Gasteiger charge is -2.34. The van der Waals surface area contributed by atoms with Gasteiger partial charge in [0.25, 0.3) is 5.91 Å². The number of ketones is 1. The van der Waals surface area contributed by atoms with Crippen LogP contribution in [0.15, 0.2) is 54.6 Å². The zero-order valence-corrected chi connectivity index (χ0v) is 17.0. The molecule has 6 nitrogen and oxygen atoms in total. The smallest absolute Gasteiger partial charge is 0.257 e. The van der Waals surface area contributed by atoms with E-state index in [4.69, 9.17) is 4.74 Å². The minimum Gasteiger partial charge on any atom is -0.484 e. The molecule has 0 radical (unpaired) electrons. The summed E-state index contributed by atoms with van der Waals surface area (Å²) in [6.45, 7) is 8.07. The number of nitrogens with zero attached hydrogens (tertiary/aromatic N) is 2. The third-order valence-corrected chi connectivity index (χ3v) is 5.09. The van der Waals surface area contributed by atoms with Crippen molar-refractivity contribution in [2.75, 3.05) is 45.9 Å². The van der Waals surface area contributed by atoms with Crippen LogP contribution in [0.1, 0.15) is 22.8 Å². The van der Waals surface area contributed by atoms with Gasteiger partial charge in [-0.2, -0.15) is 0 Å². The van der Waals surface area contributed by atoms with Crippen molar-refractivity contribution < 1.29 is 14.3 Å². The van der Waals surface area contributed by atoms with E-state index < -0.39 is 0 Å². The first-order valence-electron chi connectivity index (χ1n) is 10.1. The fourth-order valence-corrected chi connectivity index (χ4v) is 3.35. The van der Waals surface area contributed by atoms with E-state index in [9.17, 15) is 9.59 Å². The summed E-state index contributed by atoms with van der Waals surface area (Å²) in [6.07, 6.45) is 0. The summed E-state index contributed by atoms with van der Waals surface area (Å²) in [7, 11) is 0. The molecular weight excluding hydrogens is 366 g/mol. The van der Waals surface area contributed by atoms with Crippen LogP contribution in [0.3, 0.4) is 0 Å². The van der Waals surface area contributed by atoms with E-state index in [0.717, 1.165) is 39.3 Å². The number of amides is 1. The molecule has 154 valence electrons. The first-order valence-corrected chi connectivity index (χ1v) is 10.1. The molecule has 1 fully saturated rings. The van der Waals surface area contributed by atoms with Gasteiger partial charge in [0.2, 0.25) is 0 Å². The Labute approximate surface area is 172 Å². The average Bonchev–Trinajstić information content (AvgIpc) is 2.74. The lowest BCUT2D eigenvalue weighted by molar-refractivity contribution is -0.123. The van der Waals surface area contributed by atoms with Crippen LogP contribution in [-0.4, -0.2) is 67.4 Å². The van der Waals surface area contributed by atoms with Crippen molar-refractivity contribution in [1.82, 2.24) is 15.1 Å². The lowest BCUT2D eigenvalue weighted by Crippen LogP contribution is -2.48. The SMILES string of the molecule is CC(=O)c1ccc(OCC(=O)NCCN2CCN(Cc3ccccc3)CC2)cc1. The van der Waals surface area contributed by atoms with Crippen molar-refractivity contribution in [3.63, 3.8) is 0 Å². The van der Waals surface area contributed by atoms with Crippen molar-refractivity contribution in [3.8, 4) is 5.75 Å². The average molecular weight is 396 g/mol. The second kappa shape index (κ2) is 10.7. The maximum atomic E-state index is 12.0. The third-order valence-electron chi connectivity index (χ3n) is 5.09. The number of hydrogen-bond donors (Lipinski definition) is 1. The van der Waals surface area contributed by atoms with Crippen LogP contribution in [0, 0.1) is 0 Å². The maximum Gasteiger partial charge on any atom is 0.257 e. The summed E-state index contributed by atoms with van der Waals surface area (Å²) < 4.78 is 5.47. The Balaban J connectivity index is 1.28. The van der Waals surface area contributed by atoms with Gasteiger partial charge in [-0.15, -0.1) is 0 Å². The van der Waals surface area contributed by atoms with Gasteiger partial charge in [-0.3, -0.25) is 19.4 Å². The van der Waals surface area contributed by atoms with Crippen LogP contribution in [-0.2, 0) is 11.3 Å². The van der Waals surface area contributed by atoms with Crippen molar-refractivity contribution in [1.29, 1.82) is 0 Å². The summed E-state index contributed by atoms with van der Waals surface area (Å²) in [6, 6.07) is 17.4. The molecule has 0 atom stereocenters. The molecule has 0 saturated carbocycles. The molecule has 1 N–H and O–H groups in total. The highest BCUT2D eigenvalue weighted by atomic mass is 16.5. The monoisotopic (exact) mass is 395 g/mol. The molecule has 1 amide bonds. The van der Waals surface area contributed by atoms with Gasteiger partial charge >= 0.3 is 0 Å². The van der Waals surface area contributed by atoms with Crippen molar-refractivity contribution in [3.05, 3.63) is 65.7 Å². The van der Waals surface area contributed by atoms with Crippen LogP contribution in [0.4, 0.5) is 0 Å². The van der Waals surface area contributed by atoms with E-state index in [1.165, 1.54) is 12.5 Å². The van der Waals surface area contributed by atoms with Crippen molar-refractivity contribution in [2.45, 2.75) is 13.5 Å². The Hall–Kier alpha value is -2.70. The summed E-state index contributed by atoms with van der Waals surface area (Å²) >= 11 is 0. The van der Waals surface area contributed by atoms with E-state index in [-0.39, 0.29) is 18.3 Å². The molecule has 0 spiro atoms. The van der Waals surface area contributed by atoms with Crippen molar-refractivity contribution >= 4 is 11.7 Å². The van der Waals surface area contributed by atoms with E-state index in [0.29, 0.717) is 17.9 Å². The molecule has 3 rings (SSSR count). The molecule has 1 aliphatic heterocycles. The van der Waals surface area contributed by atoms with Crippen LogP contribution in [0.2, 0.25) is 0 Å². The number of piperazine rings is 1. The zero-order chi connectivity index (χ0) is 20.5. The van der Waals surface area contributed by atoms with E-state index in [1.807, 2.05) is 6.07 Å². The number of hydrogen-bond acceptors (Lipinski definition) is 5. The number of benzene rings is 2. The number of nitrogens with one attached hydrogen (secondary N) is 1. The van der Waals surface area contributed by atoms with Gasteiger partial charge < -0.3 is 10.1 Å². The van der Waals surface area contributed by atoms with Crippen LogP contribution < -0.4 is 10.1 Å². The number of Topliss-reactive ketones (excluding diaryl/α,β-unsaturated/α-hetero) is 1. The molecule has 0 aliphatic carbocycles. The predicted molar refractivity (Wildman–Crippen MR) is 113 cm³/mol. The van der Waals surface area contributed by atoms with Crippen LogP contribution >= 0.6 is 0 Å². The molecule has 0 unspecified atom stereocenters. The molecule has 1 saturated heterocycles. The van der Waals surface area contributed by atoms with Gasteiger partial charge in [-0.1, -0.05) is 30.3 Å². The number of carbonyl (C=O) groups excluding carboxylic acids is 2. The summed E-state index contributed by atoms with van der Waals surface area (Å²) in [5.74, 6) is 0.457. The Morgan fingerprint density at radius 2 is 1.59 bits per heavy atom. The Morgan fingerprint density at radius 3 is 2.24 bits per heavy atom. The summed E-state index contributed by atoms with van der Waals surface area (Å²) in [4.78, 5) is 28.1. The molecule has 1 aliphatic rings. The molecular formula is C23H29N3O3. The molecule has 6 heteroatoms. The van der Waals surface area contributed by atoms with Gasteiger partial charge in [0.15, 0.2) is 12.4 Å². The van der Waals surface area contributed by atoms with E-state index >= 15 is 0 Å². The fourth-order valence-electron chi connectivity index (χ4n) is 3.35. The number of carbonyl (C=O) groups is 2. The molecule has 2 aromatic carbocycles. The zero-order valence-electron chi connectivity index (χ0n) is 17.0. The number of ether oxygens (including phenoxy) is 1. The van der Waals surface area contributed by atoms with Gasteiger partial charge in [0.1, 0.15) is 5.75 Å². The topological polar surface area (TPSA) is 61.9 Å². The Bertz CT molecular complexity index is 785. The largest absolute Gasteiger partial charge is 0.484 e. The van der Waals surface area contributed by atoms with E-state index in [1.54, 1.807) is 24.3 Å². The standard InChI is InChI=1S/C23H29N3O3/c1-19(27)21-7-9-22(10-8-21)29-18-23(28)24-11-12-25-13-15-26(16-14-25)17-20-5-3-2-4-6-20/h2-10H,11-18H2,1H3,(H,24,28). The molecule has 29 heavy (non-hydrogen) atoms. The van der Waals surface area contributed by atoms with Crippen LogP contribution in [0.5, 0.6) is 5.75 Å². The highest BCUT2D eigenvalue weighted by molar-refractivity contribution is 5.94. The summed E-state index contributed by atoms with van der Waals surface area (Å²) in [5.41, 5.74) is 1.98. The minimum absolute atomic E-state index is 0.00944. The first-order chi connectivity index (χ1) is 14.1. The first kappa shape index (κ1) is 21.0. The Morgan fingerprint density at radius 1 is 0.931 bits per heavy atom. The number of rotatable bonds is 9. The highest BCUT2D eigenvalue weighted by Gasteiger charge is 2.16. The van der Waals surface area contributed by atoms with Gasteiger partial charge in [0, 0.05) is 51.4 Å². The quantitative estimate of drug-likeness (QED) is 0.660. The molecule has 2 aromatic rings. The second-order valence-corrected chi connectivity index (χ2v) is 7.32. The lowest BCUT2D eigenvalue weighted by atomic mass is 10.1. The third kappa shape index (κ3) is 7.00. The Kier molecular flexibility index (Phi) is 7.78. The van der Waals surface area contributed by atoms with Crippen molar-refractivity contribution in [2.24, 2.45) is 0 Å². The maximum absolute atomic E-state index is 12.0. The molecule has 1 heterocycles. The fraction of sp³-hybridized carbons (Fsp3) is 0.391. The highest BCUT2D eigenvalue weighted by Crippen LogP contribution is 2.12. The summed E-state index contributed by atoms with van der Waals surface area (Å²) in [5, 5.41) is 2.91.